The molecule has 1 aromatic carbocycles. The summed E-state index contributed by atoms with van der Waals surface area (Å²) in [7, 11) is 0. The van der Waals surface area contributed by atoms with Gasteiger partial charge in [0.1, 0.15) is 5.75 Å². The van der Waals surface area contributed by atoms with Crippen molar-refractivity contribution in [1.82, 2.24) is 0 Å². The van der Waals surface area contributed by atoms with Crippen molar-refractivity contribution < 1.29 is 4.74 Å². The van der Waals surface area contributed by atoms with Crippen molar-refractivity contribution in [1.29, 1.82) is 0 Å². The van der Waals surface area contributed by atoms with Crippen LogP contribution in [0.5, 0.6) is 5.75 Å². The van der Waals surface area contributed by atoms with Gasteiger partial charge in [0.05, 0.1) is 6.61 Å². The van der Waals surface area contributed by atoms with Gasteiger partial charge >= 0.3 is 0 Å². The molecule has 2 heteroatoms. The van der Waals surface area contributed by atoms with Gasteiger partial charge in [0, 0.05) is 12.2 Å². The molecular formula is C14H23NO. The monoisotopic (exact) mass is 221 g/mol. The van der Waals surface area contributed by atoms with Crippen LogP contribution < -0.4 is 10.1 Å². The summed E-state index contributed by atoms with van der Waals surface area (Å²) in [6.07, 6.45) is 1.21. The van der Waals surface area contributed by atoms with Crippen molar-refractivity contribution in [3.05, 3.63) is 23.8 Å². The van der Waals surface area contributed by atoms with Crippen molar-refractivity contribution in [3.8, 4) is 5.75 Å². The average Bonchev–Trinajstić information content (AvgIpc) is 2.28. The Morgan fingerprint density at radius 3 is 2.62 bits per heavy atom. The van der Waals surface area contributed by atoms with Crippen LogP contribution in [0.25, 0.3) is 0 Å². The zero-order valence-electron chi connectivity index (χ0n) is 10.8. The Balaban J connectivity index is 2.60. The lowest BCUT2D eigenvalue weighted by Crippen LogP contribution is -2.11. The lowest BCUT2D eigenvalue weighted by atomic mass is 10.1. The van der Waals surface area contributed by atoms with E-state index in [1.165, 1.54) is 17.7 Å². The van der Waals surface area contributed by atoms with E-state index in [4.69, 9.17) is 4.74 Å². The van der Waals surface area contributed by atoms with Crippen LogP contribution in [0.2, 0.25) is 0 Å². The summed E-state index contributed by atoms with van der Waals surface area (Å²) in [6.45, 7) is 10.4. The highest BCUT2D eigenvalue weighted by molar-refractivity contribution is 5.53. The highest BCUT2D eigenvalue weighted by Crippen LogP contribution is 2.21. The van der Waals surface area contributed by atoms with Gasteiger partial charge in [-0.3, -0.25) is 0 Å². The average molecular weight is 221 g/mol. The van der Waals surface area contributed by atoms with E-state index in [2.05, 4.69) is 38.2 Å². The largest absolute Gasteiger partial charge is 0.494 e. The Kier molecular flexibility index (Phi) is 5.17. The first-order valence-corrected chi connectivity index (χ1v) is 6.14. The van der Waals surface area contributed by atoms with E-state index in [1.807, 2.05) is 13.0 Å². The maximum absolute atomic E-state index is 5.46. The van der Waals surface area contributed by atoms with Gasteiger partial charge in [0.25, 0.3) is 0 Å². The Hall–Kier alpha value is -1.18. The van der Waals surface area contributed by atoms with Gasteiger partial charge in [-0.15, -0.1) is 0 Å². The van der Waals surface area contributed by atoms with Gasteiger partial charge in [-0.05, 0) is 43.5 Å². The molecule has 1 atom stereocenters. The van der Waals surface area contributed by atoms with Crippen molar-refractivity contribution >= 4 is 5.69 Å². The van der Waals surface area contributed by atoms with Gasteiger partial charge < -0.3 is 10.1 Å². The Bertz CT molecular complexity index is 323. The second-order valence-corrected chi connectivity index (χ2v) is 4.30. The van der Waals surface area contributed by atoms with E-state index in [0.717, 1.165) is 18.9 Å². The smallest absolute Gasteiger partial charge is 0.119 e. The molecule has 1 unspecified atom stereocenters. The summed E-state index contributed by atoms with van der Waals surface area (Å²) in [5.74, 6) is 1.67. The van der Waals surface area contributed by atoms with E-state index in [9.17, 15) is 0 Å². The molecule has 1 rings (SSSR count). The molecular weight excluding hydrogens is 198 g/mol. The minimum atomic E-state index is 0.714. The molecule has 0 aliphatic rings. The molecule has 2 nitrogen and oxygen atoms in total. The third kappa shape index (κ3) is 3.76. The fourth-order valence-corrected chi connectivity index (χ4v) is 1.52. The third-order valence-corrected chi connectivity index (χ3v) is 2.85. The highest BCUT2D eigenvalue weighted by atomic mass is 16.5. The molecule has 0 saturated heterocycles. The molecule has 1 N–H and O–H groups in total. The standard InChI is InChI=1S/C14H23NO/c1-5-11(3)10-15-14-8-7-13(16-6-2)9-12(14)4/h7-9,11,15H,5-6,10H2,1-4H3. The predicted octanol–water partition coefficient (Wildman–Crippen LogP) is 3.85. The molecule has 1 aromatic rings. The summed E-state index contributed by atoms with van der Waals surface area (Å²) < 4.78 is 5.46. The first-order chi connectivity index (χ1) is 7.67. The van der Waals surface area contributed by atoms with E-state index >= 15 is 0 Å². The molecule has 0 heterocycles. The molecule has 90 valence electrons. The number of benzene rings is 1. The van der Waals surface area contributed by atoms with Crippen LogP contribution in [0.1, 0.15) is 32.8 Å². The minimum Gasteiger partial charge on any atom is -0.494 e. The highest BCUT2D eigenvalue weighted by Gasteiger charge is 2.02. The zero-order chi connectivity index (χ0) is 12.0. The van der Waals surface area contributed by atoms with Crippen molar-refractivity contribution in [2.75, 3.05) is 18.5 Å². The van der Waals surface area contributed by atoms with Gasteiger partial charge in [-0.2, -0.15) is 0 Å². The van der Waals surface area contributed by atoms with Crippen molar-refractivity contribution in [2.24, 2.45) is 5.92 Å². The van der Waals surface area contributed by atoms with E-state index in [-0.39, 0.29) is 0 Å². The minimum absolute atomic E-state index is 0.714. The molecule has 16 heavy (non-hydrogen) atoms. The predicted molar refractivity (Wildman–Crippen MR) is 70.3 cm³/mol. The number of hydrogen-bond donors (Lipinski definition) is 1. The normalized spacial score (nSPS) is 12.2. The van der Waals surface area contributed by atoms with Crippen LogP contribution in [-0.4, -0.2) is 13.2 Å². The number of nitrogens with one attached hydrogen (secondary N) is 1. The van der Waals surface area contributed by atoms with Crippen LogP contribution in [0.4, 0.5) is 5.69 Å². The lowest BCUT2D eigenvalue weighted by Gasteiger charge is -2.14. The molecule has 0 bridgehead atoms. The Morgan fingerprint density at radius 1 is 1.31 bits per heavy atom. The maximum atomic E-state index is 5.46. The topological polar surface area (TPSA) is 21.3 Å². The molecule has 0 aliphatic heterocycles. The van der Waals surface area contributed by atoms with E-state index in [0.29, 0.717) is 5.92 Å². The number of ether oxygens (including phenoxy) is 1. The fourth-order valence-electron chi connectivity index (χ4n) is 1.52. The van der Waals surface area contributed by atoms with Crippen LogP contribution in [-0.2, 0) is 0 Å². The Morgan fingerprint density at radius 2 is 2.06 bits per heavy atom. The van der Waals surface area contributed by atoms with Crippen molar-refractivity contribution in [3.63, 3.8) is 0 Å². The molecule has 0 spiro atoms. The molecule has 0 amide bonds. The van der Waals surface area contributed by atoms with Crippen molar-refractivity contribution in [2.45, 2.75) is 34.1 Å². The maximum Gasteiger partial charge on any atom is 0.119 e. The number of hydrogen-bond acceptors (Lipinski definition) is 2. The van der Waals surface area contributed by atoms with Gasteiger partial charge in [-0.1, -0.05) is 20.3 Å². The second kappa shape index (κ2) is 6.41. The van der Waals surface area contributed by atoms with Crippen LogP contribution in [0, 0.1) is 12.8 Å². The zero-order valence-corrected chi connectivity index (χ0v) is 10.8. The quantitative estimate of drug-likeness (QED) is 0.787. The number of anilines is 1. The van der Waals surface area contributed by atoms with Gasteiger partial charge in [0.15, 0.2) is 0 Å². The molecule has 0 aromatic heterocycles. The summed E-state index contributed by atoms with van der Waals surface area (Å²) in [4.78, 5) is 0. The van der Waals surface area contributed by atoms with Crippen LogP contribution in [0.3, 0.4) is 0 Å². The molecule has 0 fully saturated rings. The molecule has 0 saturated carbocycles. The lowest BCUT2D eigenvalue weighted by molar-refractivity contribution is 0.340. The summed E-state index contributed by atoms with van der Waals surface area (Å²) in [5, 5.41) is 3.48. The number of rotatable bonds is 6. The van der Waals surface area contributed by atoms with Gasteiger partial charge in [-0.25, -0.2) is 0 Å². The van der Waals surface area contributed by atoms with E-state index < -0.39 is 0 Å². The Labute approximate surface area is 99.0 Å². The summed E-state index contributed by atoms with van der Waals surface area (Å²) in [5.41, 5.74) is 2.46. The summed E-state index contributed by atoms with van der Waals surface area (Å²) in [6, 6.07) is 6.21. The SMILES string of the molecule is CCOc1ccc(NCC(C)CC)c(C)c1. The fraction of sp³-hybridized carbons (Fsp3) is 0.571. The first kappa shape index (κ1) is 12.9. The van der Waals surface area contributed by atoms with Crippen LogP contribution in [0.15, 0.2) is 18.2 Å². The second-order valence-electron chi connectivity index (χ2n) is 4.30. The molecule has 0 aliphatic carbocycles. The third-order valence-electron chi connectivity index (χ3n) is 2.85. The van der Waals surface area contributed by atoms with Gasteiger partial charge in [0.2, 0.25) is 0 Å². The number of aryl methyl sites for hydroxylation is 1. The molecule has 0 radical (unpaired) electrons. The van der Waals surface area contributed by atoms with E-state index in [1.54, 1.807) is 0 Å². The summed E-state index contributed by atoms with van der Waals surface area (Å²) >= 11 is 0. The first-order valence-electron chi connectivity index (χ1n) is 6.14. The van der Waals surface area contributed by atoms with Crippen LogP contribution >= 0.6 is 0 Å².